The number of benzene rings is 3. The number of carbonyl (C=O) groups is 1. The van der Waals surface area contributed by atoms with Gasteiger partial charge in [0, 0.05) is 22.8 Å². The Morgan fingerprint density at radius 3 is 2.41 bits per heavy atom. The van der Waals surface area contributed by atoms with E-state index in [4.69, 9.17) is 27.9 Å². The molecular weight excluding hydrogens is 452 g/mol. The number of anilines is 1. The van der Waals surface area contributed by atoms with E-state index < -0.39 is 0 Å². The molecule has 32 heavy (non-hydrogen) atoms. The molecule has 0 aliphatic rings. The molecule has 0 aliphatic heterocycles. The first-order valence-corrected chi connectivity index (χ1v) is 10.5. The van der Waals surface area contributed by atoms with Crippen LogP contribution in [0.4, 0.5) is 10.2 Å². The summed E-state index contributed by atoms with van der Waals surface area (Å²) >= 11 is 12.0. The molecule has 0 saturated heterocycles. The summed E-state index contributed by atoms with van der Waals surface area (Å²) in [5, 5.41) is 8.09. The van der Waals surface area contributed by atoms with Crippen LogP contribution in [-0.2, 0) is 13.2 Å². The van der Waals surface area contributed by atoms with Gasteiger partial charge >= 0.3 is 0 Å². The highest BCUT2D eigenvalue weighted by Crippen LogP contribution is 2.28. The molecule has 5 nitrogen and oxygen atoms in total. The lowest BCUT2D eigenvalue weighted by molar-refractivity contribution is 0.102. The molecule has 4 aromatic rings. The fourth-order valence-corrected chi connectivity index (χ4v) is 3.45. The average molecular weight is 470 g/mol. The van der Waals surface area contributed by atoms with E-state index in [0.717, 1.165) is 11.1 Å². The van der Waals surface area contributed by atoms with Crippen LogP contribution in [0.5, 0.6) is 5.75 Å². The Morgan fingerprint density at radius 1 is 0.969 bits per heavy atom. The lowest BCUT2D eigenvalue weighted by atomic mass is 10.1. The fraction of sp³-hybridized carbons (Fsp3) is 0.0833. The number of rotatable bonds is 7. The van der Waals surface area contributed by atoms with Gasteiger partial charge in [-0.05, 0) is 53.6 Å². The van der Waals surface area contributed by atoms with Crippen molar-refractivity contribution in [3.8, 4) is 5.75 Å². The van der Waals surface area contributed by atoms with Crippen LogP contribution in [0.25, 0.3) is 0 Å². The van der Waals surface area contributed by atoms with Crippen molar-refractivity contribution in [1.29, 1.82) is 0 Å². The van der Waals surface area contributed by atoms with Crippen molar-refractivity contribution in [3.05, 3.63) is 112 Å². The lowest BCUT2D eigenvalue weighted by Gasteiger charge is -2.09. The van der Waals surface area contributed by atoms with Crippen molar-refractivity contribution >= 4 is 34.9 Å². The quantitative estimate of drug-likeness (QED) is 0.350. The fourth-order valence-electron chi connectivity index (χ4n) is 2.99. The Hall–Kier alpha value is -3.35. The first-order valence-electron chi connectivity index (χ1n) is 9.72. The maximum atomic E-state index is 13.0. The Labute approximate surface area is 194 Å². The van der Waals surface area contributed by atoms with Crippen LogP contribution in [0.1, 0.15) is 21.5 Å². The standard InChI is InChI=1S/C24H18Cl2FN3O2/c25-19-7-10-22(21(26)13-19)32-15-17-1-5-18(6-2-17)24(31)28-23-11-12-30(29-23)14-16-3-8-20(27)9-4-16/h1-13H,14-15H2,(H,28,29,31). The minimum atomic E-state index is -0.284. The molecule has 3 aromatic carbocycles. The molecule has 8 heteroatoms. The summed E-state index contributed by atoms with van der Waals surface area (Å²) in [5.74, 6) is 0.412. The van der Waals surface area contributed by atoms with Crippen molar-refractivity contribution in [2.75, 3.05) is 5.32 Å². The van der Waals surface area contributed by atoms with Gasteiger partial charge in [-0.1, -0.05) is 47.5 Å². The number of nitrogens with zero attached hydrogens (tertiary/aromatic N) is 2. The van der Waals surface area contributed by atoms with Gasteiger partial charge in [-0.2, -0.15) is 5.10 Å². The molecule has 1 N–H and O–H groups in total. The summed E-state index contributed by atoms with van der Waals surface area (Å²) in [6, 6.07) is 20.0. The summed E-state index contributed by atoms with van der Waals surface area (Å²) < 4.78 is 20.4. The van der Waals surface area contributed by atoms with E-state index in [1.54, 1.807) is 59.4 Å². The van der Waals surface area contributed by atoms with Gasteiger partial charge in [0.15, 0.2) is 5.82 Å². The van der Waals surface area contributed by atoms with Crippen LogP contribution in [0, 0.1) is 5.82 Å². The highest BCUT2D eigenvalue weighted by molar-refractivity contribution is 6.35. The zero-order valence-electron chi connectivity index (χ0n) is 16.8. The number of aromatic nitrogens is 2. The molecule has 0 spiro atoms. The van der Waals surface area contributed by atoms with Crippen molar-refractivity contribution in [1.82, 2.24) is 9.78 Å². The molecule has 0 unspecified atom stereocenters. The van der Waals surface area contributed by atoms with Gasteiger partial charge < -0.3 is 10.1 Å². The summed E-state index contributed by atoms with van der Waals surface area (Å²) in [6.07, 6.45) is 1.75. The van der Waals surface area contributed by atoms with Crippen molar-refractivity contribution in [2.45, 2.75) is 13.2 Å². The van der Waals surface area contributed by atoms with Crippen LogP contribution < -0.4 is 10.1 Å². The SMILES string of the molecule is O=C(Nc1ccn(Cc2ccc(F)cc2)n1)c1ccc(COc2ccc(Cl)cc2Cl)cc1. The second-order valence-electron chi connectivity index (χ2n) is 7.04. The maximum absolute atomic E-state index is 13.0. The topological polar surface area (TPSA) is 56.2 Å². The van der Waals surface area contributed by atoms with Gasteiger partial charge in [-0.25, -0.2) is 4.39 Å². The molecular formula is C24H18Cl2FN3O2. The molecule has 1 heterocycles. The average Bonchev–Trinajstić information content (AvgIpc) is 3.22. The Kier molecular flexibility index (Phi) is 6.73. The van der Waals surface area contributed by atoms with Crippen molar-refractivity contribution in [2.24, 2.45) is 0 Å². The van der Waals surface area contributed by atoms with E-state index in [1.807, 2.05) is 12.1 Å². The largest absolute Gasteiger partial charge is 0.487 e. The van der Waals surface area contributed by atoms with Gasteiger partial charge in [0.1, 0.15) is 18.2 Å². The first-order chi connectivity index (χ1) is 15.5. The molecule has 4 rings (SSSR count). The molecule has 0 bridgehead atoms. The van der Waals surface area contributed by atoms with Crippen molar-refractivity contribution < 1.29 is 13.9 Å². The molecule has 0 fully saturated rings. The van der Waals surface area contributed by atoms with E-state index in [0.29, 0.717) is 40.3 Å². The van der Waals surface area contributed by atoms with Gasteiger partial charge in [-0.3, -0.25) is 9.48 Å². The predicted octanol–water partition coefficient (Wildman–Crippen LogP) is 6.21. The van der Waals surface area contributed by atoms with Gasteiger partial charge in [0.2, 0.25) is 0 Å². The maximum Gasteiger partial charge on any atom is 0.256 e. The zero-order valence-corrected chi connectivity index (χ0v) is 18.3. The smallest absolute Gasteiger partial charge is 0.256 e. The van der Waals surface area contributed by atoms with Crippen LogP contribution >= 0.6 is 23.2 Å². The number of ether oxygens (including phenoxy) is 1. The van der Waals surface area contributed by atoms with E-state index in [2.05, 4.69) is 10.4 Å². The monoisotopic (exact) mass is 469 g/mol. The van der Waals surface area contributed by atoms with Crippen LogP contribution in [0.15, 0.2) is 79.0 Å². The van der Waals surface area contributed by atoms with Crippen LogP contribution in [0.3, 0.4) is 0 Å². The molecule has 1 amide bonds. The summed E-state index contributed by atoms with van der Waals surface area (Å²) in [5.41, 5.74) is 2.28. The number of nitrogens with one attached hydrogen (secondary N) is 1. The van der Waals surface area contributed by atoms with Gasteiger partial charge in [0.05, 0.1) is 11.6 Å². The Bertz CT molecular complexity index is 1220. The second-order valence-corrected chi connectivity index (χ2v) is 7.88. The Balaban J connectivity index is 1.32. The third-order valence-electron chi connectivity index (χ3n) is 4.64. The molecule has 1 aromatic heterocycles. The highest BCUT2D eigenvalue weighted by atomic mass is 35.5. The number of amides is 1. The van der Waals surface area contributed by atoms with Gasteiger partial charge in [-0.15, -0.1) is 0 Å². The molecule has 0 aliphatic carbocycles. The van der Waals surface area contributed by atoms with E-state index in [-0.39, 0.29) is 11.7 Å². The minimum absolute atomic E-state index is 0.273. The predicted molar refractivity (Wildman–Crippen MR) is 123 cm³/mol. The lowest BCUT2D eigenvalue weighted by Crippen LogP contribution is -2.13. The van der Waals surface area contributed by atoms with Crippen LogP contribution in [-0.4, -0.2) is 15.7 Å². The first kappa shape index (κ1) is 21.9. The molecule has 0 atom stereocenters. The highest BCUT2D eigenvalue weighted by Gasteiger charge is 2.09. The second kappa shape index (κ2) is 9.85. The van der Waals surface area contributed by atoms with E-state index in [9.17, 15) is 9.18 Å². The number of halogens is 3. The molecule has 162 valence electrons. The number of hydrogen-bond donors (Lipinski definition) is 1. The summed E-state index contributed by atoms with van der Waals surface area (Å²) in [6.45, 7) is 0.777. The molecule has 0 radical (unpaired) electrons. The number of hydrogen-bond acceptors (Lipinski definition) is 3. The minimum Gasteiger partial charge on any atom is -0.487 e. The van der Waals surface area contributed by atoms with Crippen molar-refractivity contribution in [3.63, 3.8) is 0 Å². The summed E-state index contributed by atoms with van der Waals surface area (Å²) in [7, 11) is 0. The number of carbonyl (C=O) groups excluding carboxylic acids is 1. The third-order valence-corrected chi connectivity index (χ3v) is 5.17. The summed E-state index contributed by atoms with van der Waals surface area (Å²) in [4.78, 5) is 12.5. The Morgan fingerprint density at radius 2 is 1.69 bits per heavy atom. The van der Waals surface area contributed by atoms with E-state index >= 15 is 0 Å². The van der Waals surface area contributed by atoms with E-state index in [1.165, 1.54) is 12.1 Å². The third kappa shape index (κ3) is 5.66. The van der Waals surface area contributed by atoms with Gasteiger partial charge in [0.25, 0.3) is 5.91 Å². The zero-order chi connectivity index (χ0) is 22.5. The molecule has 0 saturated carbocycles. The normalized spacial score (nSPS) is 10.7. The van der Waals surface area contributed by atoms with Crippen LogP contribution in [0.2, 0.25) is 10.0 Å².